The van der Waals surface area contributed by atoms with Crippen molar-refractivity contribution in [2.24, 2.45) is 5.92 Å². The first-order valence-corrected chi connectivity index (χ1v) is 11.3. The molecule has 9 heteroatoms. The molecule has 0 amide bonds. The SMILES string of the molecule is COc1c(C(=O)CCC2CCN(CCNS(C)(=O)=O)CC2)ccc(N)c1Cl. The summed E-state index contributed by atoms with van der Waals surface area (Å²) in [5.41, 5.74) is 6.63. The minimum absolute atomic E-state index is 0.00790. The molecule has 1 aliphatic heterocycles. The summed E-state index contributed by atoms with van der Waals surface area (Å²) in [5.74, 6) is 0.840. The van der Waals surface area contributed by atoms with Crippen LogP contribution in [0, 0.1) is 5.92 Å². The number of piperidine rings is 1. The van der Waals surface area contributed by atoms with E-state index in [2.05, 4.69) is 9.62 Å². The summed E-state index contributed by atoms with van der Waals surface area (Å²) >= 11 is 6.13. The molecule has 0 bridgehead atoms. The summed E-state index contributed by atoms with van der Waals surface area (Å²) in [5, 5.41) is 0.277. The molecule has 0 saturated carbocycles. The molecule has 1 heterocycles. The van der Waals surface area contributed by atoms with E-state index in [-0.39, 0.29) is 10.8 Å². The topological polar surface area (TPSA) is 102 Å². The standard InChI is InChI=1S/C18H28ClN3O4S/c1-26-18-14(4-5-15(20)17(18)19)16(23)6-3-13-7-10-22(11-8-13)12-9-21-27(2,24)25/h4-5,13,21H,3,6-12,20H2,1-2H3. The van der Waals surface area contributed by atoms with Crippen molar-refractivity contribution in [1.29, 1.82) is 0 Å². The highest BCUT2D eigenvalue weighted by atomic mass is 35.5. The Morgan fingerprint density at radius 3 is 2.63 bits per heavy atom. The highest BCUT2D eigenvalue weighted by Crippen LogP contribution is 2.35. The molecule has 0 aliphatic carbocycles. The third-order valence-electron chi connectivity index (χ3n) is 4.91. The van der Waals surface area contributed by atoms with Crippen molar-refractivity contribution in [2.75, 3.05) is 45.3 Å². The van der Waals surface area contributed by atoms with Gasteiger partial charge in [-0.15, -0.1) is 0 Å². The molecule has 1 aromatic carbocycles. The number of hydrogen-bond donors (Lipinski definition) is 2. The molecule has 1 aliphatic rings. The Morgan fingerprint density at radius 2 is 2.04 bits per heavy atom. The largest absolute Gasteiger partial charge is 0.494 e. The van der Waals surface area contributed by atoms with E-state index in [1.54, 1.807) is 12.1 Å². The summed E-state index contributed by atoms with van der Waals surface area (Å²) in [4.78, 5) is 14.8. The van der Waals surface area contributed by atoms with Gasteiger partial charge < -0.3 is 15.4 Å². The van der Waals surface area contributed by atoms with Crippen LogP contribution in [0.5, 0.6) is 5.75 Å². The van der Waals surface area contributed by atoms with Crippen molar-refractivity contribution >= 4 is 33.1 Å². The lowest BCUT2D eigenvalue weighted by atomic mass is 9.90. The third-order valence-corrected chi connectivity index (χ3v) is 6.03. The first-order valence-electron chi connectivity index (χ1n) is 9.03. The van der Waals surface area contributed by atoms with Crippen molar-refractivity contribution in [3.8, 4) is 5.75 Å². The number of carbonyl (C=O) groups excluding carboxylic acids is 1. The Bertz CT molecular complexity index is 762. The summed E-state index contributed by atoms with van der Waals surface area (Å²) in [7, 11) is -1.66. The first kappa shape index (κ1) is 21.9. The molecule has 0 unspecified atom stereocenters. The van der Waals surface area contributed by atoms with E-state index < -0.39 is 10.0 Å². The Hall–Kier alpha value is -1.35. The van der Waals surface area contributed by atoms with E-state index in [1.807, 2.05) is 0 Å². The molecule has 7 nitrogen and oxygen atoms in total. The van der Waals surface area contributed by atoms with E-state index in [0.29, 0.717) is 42.4 Å². The zero-order valence-corrected chi connectivity index (χ0v) is 17.4. The van der Waals surface area contributed by atoms with Gasteiger partial charge in [-0.25, -0.2) is 13.1 Å². The highest BCUT2D eigenvalue weighted by molar-refractivity contribution is 7.88. The smallest absolute Gasteiger partial charge is 0.208 e. The fraction of sp³-hybridized carbons (Fsp3) is 0.611. The van der Waals surface area contributed by atoms with Gasteiger partial charge in [-0.05, 0) is 50.4 Å². The van der Waals surface area contributed by atoms with Gasteiger partial charge >= 0.3 is 0 Å². The number of methoxy groups -OCH3 is 1. The van der Waals surface area contributed by atoms with Crippen LogP contribution in [0.15, 0.2) is 12.1 Å². The maximum absolute atomic E-state index is 12.6. The molecule has 2 rings (SSSR count). The Balaban J connectivity index is 1.78. The van der Waals surface area contributed by atoms with Crippen molar-refractivity contribution in [2.45, 2.75) is 25.7 Å². The second kappa shape index (κ2) is 9.73. The third kappa shape index (κ3) is 6.64. The normalized spacial score (nSPS) is 16.4. The second-order valence-corrected chi connectivity index (χ2v) is 9.17. The number of rotatable bonds is 9. The average molecular weight is 418 g/mol. The molecular weight excluding hydrogens is 390 g/mol. The number of anilines is 1. The molecule has 1 aromatic rings. The first-order chi connectivity index (χ1) is 12.7. The molecule has 152 valence electrons. The van der Waals surface area contributed by atoms with E-state index in [0.717, 1.165) is 32.4 Å². The summed E-state index contributed by atoms with van der Waals surface area (Å²) in [6.45, 7) is 2.97. The van der Waals surface area contributed by atoms with Crippen molar-refractivity contribution in [3.63, 3.8) is 0 Å². The van der Waals surface area contributed by atoms with Crippen LogP contribution in [-0.2, 0) is 10.0 Å². The number of hydrogen-bond acceptors (Lipinski definition) is 6. The molecule has 27 heavy (non-hydrogen) atoms. The lowest BCUT2D eigenvalue weighted by molar-refractivity contribution is 0.0960. The molecular formula is C18H28ClN3O4S. The maximum Gasteiger partial charge on any atom is 0.208 e. The summed E-state index contributed by atoms with van der Waals surface area (Å²) < 4.78 is 30.0. The zero-order chi connectivity index (χ0) is 20.0. The van der Waals surface area contributed by atoms with E-state index in [1.165, 1.54) is 13.4 Å². The lowest BCUT2D eigenvalue weighted by Gasteiger charge is -2.31. The molecule has 1 fully saturated rings. The number of nitrogens with two attached hydrogens (primary N) is 1. The van der Waals surface area contributed by atoms with Crippen molar-refractivity contribution in [3.05, 3.63) is 22.7 Å². The van der Waals surface area contributed by atoms with Crippen LogP contribution in [0.4, 0.5) is 5.69 Å². The fourth-order valence-corrected chi connectivity index (χ4v) is 4.05. The average Bonchev–Trinajstić information content (AvgIpc) is 2.62. The Morgan fingerprint density at radius 1 is 1.37 bits per heavy atom. The number of benzene rings is 1. The molecule has 0 aromatic heterocycles. The maximum atomic E-state index is 12.6. The monoisotopic (exact) mass is 417 g/mol. The number of ketones is 1. The molecule has 3 N–H and O–H groups in total. The van der Waals surface area contributed by atoms with Crippen LogP contribution >= 0.6 is 11.6 Å². The number of nitrogen functional groups attached to an aromatic ring is 1. The van der Waals surface area contributed by atoms with Crippen LogP contribution in [0.2, 0.25) is 5.02 Å². The number of carbonyl (C=O) groups is 1. The number of nitrogens with one attached hydrogen (secondary N) is 1. The predicted molar refractivity (Wildman–Crippen MR) is 108 cm³/mol. The van der Waals surface area contributed by atoms with Gasteiger partial charge in [0.05, 0.1) is 24.6 Å². The van der Waals surface area contributed by atoms with Gasteiger partial charge in [0.2, 0.25) is 10.0 Å². The number of sulfonamides is 1. The Kier molecular flexibility index (Phi) is 7.91. The lowest BCUT2D eigenvalue weighted by Crippen LogP contribution is -2.39. The van der Waals surface area contributed by atoms with Crippen molar-refractivity contribution < 1.29 is 17.9 Å². The zero-order valence-electron chi connectivity index (χ0n) is 15.8. The van der Waals surface area contributed by atoms with Crippen LogP contribution < -0.4 is 15.2 Å². The van der Waals surface area contributed by atoms with Gasteiger partial charge in [-0.3, -0.25) is 4.79 Å². The predicted octanol–water partition coefficient (Wildman–Crippen LogP) is 2.15. The van der Waals surface area contributed by atoms with Gasteiger partial charge in [0.15, 0.2) is 5.78 Å². The quantitative estimate of drug-likeness (QED) is 0.471. The van der Waals surface area contributed by atoms with Gasteiger partial charge in [-0.1, -0.05) is 11.6 Å². The van der Waals surface area contributed by atoms with Crippen molar-refractivity contribution in [1.82, 2.24) is 9.62 Å². The van der Waals surface area contributed by atoms with Gasteiger partial charge in [0.1, 0.15) is 10.8 Å². The molecule has 0 spiro atoms. The minimum Gasteiger partial charge on any atom is -0.494 e. The number of halogens is 1. The van der Waals surface area contributed by atoms with Crippen LogP contribution in [0.25, 0.3) is 0 Å². The van der Waals surface area contributed by atoms with Crippen LogP contribution in [0.1, 0.15) is 36.0 Å². The van der Waals surface area contributed by atoms with Gasteiger partial charge in [0.25, 0.3) is 0 Å². The van der Waals surface area contributed by atoms with E-state index in [4.69, 9.17) is 22.1 Å². The van der Waals surface area contributed by atoms with Crippen LogP contribution in [0.3, 0.4) is 0 Å². The number of nitrogens with zero attached hydrogens (tertiary/aromatic N) is 1. The summed E-state index contributed by atoms with van der Waals surface area (Å²) in [6, 6.07) is 3.29. The van der Waals surface area contributed by atoms with E-state index >= 15 is 0 Å². The molecule has 0 radical (unpaired) electrons. The molecule has 0 atom stereocenters. The number of Topliss-reactive ketones (excluding diaryl/α,β-unsaturated/α-hetero) is 1. The number of ether oxygens (including phenoxy) is 1. The second-order valence-electron chi connectivity index (χ2n) is 6.96. The minimum atomic E-state index is -3.13. The highest BCUT2D eigenvalue weighted by Gasteiger charge is 2.22. The fourth-order valence-electron chi connectivity index (χ4n) is 3.35. The molecule has 1 saturated heterocycles. The Labute approximate surface area is 166 Å². The number of likely N-dealkylation sites (tertiary alicyclic amines) is 1. The van der Waals surface area contributed by atoms with E-state index in [9.17, 15) is 13.2 Å². The van der Waals surface area contributed by atoms with Gasteiger partial charge in [0, 0.05) is 19.5 Å². The van der Waals surface area contributed by atoms with Crippen LogP contribution in [-0.4, -0.2) is 58.6 Å². The van der Waals surface area contributed by atoms with Gasteiger partial charge in [-0.2, -0.15) is 0 Å². The summed E-state index contributed by atoms with van der Waals surface area (Å²) in [6.07, 6.45) is 4.44.